The number of fused-ring (bicyclic) bond motifs is 3. The summed E-state index contributed by atoms with van der Waals surface area (Å²) >= 11 is 4.14. The first-order valence-electron chi connectivity index (χ1n) is 21.8. The first-order valence-corrected chi connectivity index (χ1v) is 24.8. The van der Waals surface area contributed by atoms with Crippen molar-refractivity contribution in [2.24, 2.45) is 7.05 Å². The van der Waals surface area contributed by atoms with Gasteiger partial charge in [-0.25, -0.2) is 0 Å². The van der Waals surface area contributed by atoms with Crippen LogP contribution in [0.25, 0.3) is 32.7 Å². The number of ether oxygens (including phenoxy) is 1. The first-order chi connectivity index (χ1) is 33.6. The zero-order valence-corrected chi connectivity index (χ0v) is 40.6. The van der Waals surface area contributed by atoms with E-state index in [1.807, 2.05) is 125 Å². The minimum Gasteiger partial charge on any atom is -0.497 e. The quantitative estimate of drug-likeness (QED) is 0.0417. The topological polar surface area (TPSA) is 148 Å². The second kappa shape index (κ2) is 24.1. The van der Waals surface area contributed by atoms with Crippen molar-refractivity contribution in [1.29, 1.82) is 0 Å². The predicted octanol–water partition coefficient (Wildman–Crippen LogP) is 10.2. The van der Waals surface area contributed by atoms with Gasteiger partial charge in [0.25, 0.3) is 16.7 Å². The Hall–Kier alpha value is -7.33. The molecule has 0 spiro atoms. The molecule has 12 nitrogen and oxygen atoms in total. The summed E-state index contributed by atoms with van der Waals surface area (Å²) in [5, 5.41) is 3.67. The molecule has 0 amide bonds. The Kier molecular flexibility index (Phi) is 17.3. The normalized spacial score (nSPS) is 10.8. The molecule has 9 rings (SSSR count). The second-order valence-electron chi connectivity index (χ2n) is 15.1. The highest BCUT2D eigenvalue weighted by atomic mass is 32.2. The van der Waals surface area contributed by atoms with Crippen LogP contribution in [0.2, 0.25) is 0 Å². The smallest absolute Gasteiger partial charge is 0.281 e. The van der Waals surface area contributed by atoms with Crippen LogP contribution in [-0.4, -0.2) is 58.8 Å². The number of allylic oxidation sites excluding steroid dienone is 1. The maximum Gasteiger partial charge on any atom is 0.281 e. The molecule has 0 aliphatic carbocycles. The van der Waals surface area contributed by atoms with Crippen LogP contribution in [0.4, 0.5) is 0 Å². The fraction of sp³-hybridized carbons (Fsp3) is 0.148. The molecule has 0 unspecified atom stereocenters. The average molecular weight is 973 g/mol. The Bertz CT molecular complexity index is 3430. The summed E-state index contributed by atoms with van der Waals surface area (Å²) < 4.78 is 10.9. The Morgan fingerprint density at radius 2 is 0.986 bits per heavy atom. The van der Waals surface area contributed by atoms with Gasteiger partial charge in [0, 0.05) is 37.0 Å². The lowest BCUT2D eigenvalue weighted by atomic mass is 10.1. The fourth-order valence-electron chi connectivity index (χ4n) is 7.18. The molecule has 0 fully saturated rings. The van der Waals surface area contributed by atoms with Gasteiger partial charge in [0.1, 0.15) is 5.75 Å². The summed E-state index contributed by atoms with van der Waals surface area (Å²) in [5.41, 5.74) is 4.34. The molecule has 0 radical (unpaired) electrons. The van der Waals surface area contributed by atoms with Gasteiger partial charge in [-0.2, -0.15) is 15.0 Å². The molecule has 0 N–H and O–H groups in total. The van der Waals surface area contributed by atoms with Gasteiger partial charge in [-0.1, -0.05) is 138 Å². The zero-order chi connectivity index (χ0) is 48.7. The first kappa shape index (κ1) is 49.6. The number of Topliss-reactive ketones (excluding diaryl/α,β-unsaturated/α-hetero) is 2. The standard InChI is InChI=1S/C19H18N2O3S.C19H16N2O2S.C16H14N2OS/c1-3-21-16-7-5-4-6-15(16)18(23)20-19(21)25-12-17(22)13-8-10-14(24-2)11-9-13;1-2-12-21-16-11-7-6-10-15(16)18(23)20-19(21)24-13-17(22)14-8-4-3-5-9-14;1-18-14-10-6-5-9-13(14)15(19)17-16(18)20-11-12-7-3-2-4-8-12/h4-11H,3,12H2,1-2H3;2-11H,1,12-13H2;2-10H,11H2,1H3. The average Bonchev–Trinajstić information content (AvgIpc) is 3.40. The number of nitrogens with zero attached hydrogens (tertiary/aromatic N) is 6. The van der Waals surface area contributed by atoms with E-state index >= 15 is 0 Å². The van der Waals surface area contributed by atoms with E-state index in [4.69, 9.17) is 4.74 Å². The van der Waals surface area contributed by atoms with E-state index in [-0.39, 0.29) is 39.7 Å². The molecule has 6 aromatic carbocycles. The molecule has 3 heterocycles. The summed E-state index contributed by atoms with van der Waals surface area (Å²) in [5.74, 6) is 1.95. The van der Waals surface area contributed by atoms with Gasteiger partial charge >= 0.3 is 0 Å². The van der Waals surface area contributed by atoms with E-state index in [2.05, 4.69) is 33.7 Å². The molecule has 69 heavy (non-hydrogen) atoms. The van der Waals surface area contributed by atoms with Gasteiger partial charge in [-0.15, -0.1) is 6.58 Å². The Balaban J connectivity index is 0.000000154. The predicted molar refractivity (Wildman–Crippen MR) is 280 cm³/mol. The lowest BCUT2D eigenvalue weighted by molar-refractivity contribution is 0.101. The second-order valence-corrected chi connectivity index (χ2v) is 18.0. The largest absolute Gasteiger partial charge is 0.497 e. The van der Waals surface area contributed by atoms with Crippen LogP contribution in [0.15, 0.2) is 200 Å². The third-order valence-corrected chi connectivity index (χ3v) is 13.8. The van der Waals surface area contributed by atoms with Crippen LogP contribution in [0.5, 0.6) is 5.75 Å². The number of aromatic nitrogens is 6. The van der Waals surface area contributed by atoms with Crippen LogP contribution >= 0.6 is 35.3 Å². The van der Waals surface area contributed by atoms with Gasteiger partial charge in [0.15, 0.2) is 27.0 Å². The lowest BCUT2D eigenvalue weighted by Crippen LogP contribution is -2.16. The molecule has 0 aliphatic heterocycles. The van der Waals surface area contributed by atoms with E-state index < -0.39 is 0 Å². The molecular weight excluding hydrogens is 925 g/mol. The minimum absolute atomic E-state index is 0.00756. The highest BCUT2D eigenvalue weighted by Gasteiger charge is 2.15. The van der Waals surface area contributed by atoms with Crippen molar-refractivity contribution in [2.45, 2.75) is 41.2 Å². The van der Waals surface area contributed by atoms with E-state index in [0.717, 1.165) is 27.5 Å². The molecule has 3 aromatic heterocycles. The summed E-state index contributed by atoms with van der Waals surface area (Å²) in [4.78, 5) is 73.6. The molecule has 9 aromatic rings. The number of methoxy groups -OCH3 is 1. The molecule has 0 saturated carbocycles. The van der Waals surface area contributed by atoms with Gasteiger partial charge < -0.3 is 18.4 Å². The number of thioether (sulfide) groups is 3. The van der Waals surface area contributed by atoms with E-state index in [1.165, 1.54) is 29.1 Å². The highest BCUT2D eigenvalue weighted by molar-refractivity contribution is 8.00. The van der Waals surface area contributed by atoms with Crippen molar-refractivity contribution in [2.75, 3.05) is 18.6 Å². The zero-order valence-electron chi connectivity index (χ0n) is 38.2. The number of carbonyl (C=O) groups excluding carboxylic acids is 2. The van der Waals surface area contributed by atoms with Gasteiger partial charge in [-0.3, -0.25) is 24.0 Å². The van der Waals surface area contributed by atoms with Crippen molar-refractivity contribution >= 4 is 79.6 Å². The lowest BCUT2D eigenvalue weighted by Gasteiger charge is -2.13. The van der Waals surface area contributed by atoms with Crippen molar-refractivity contribution in [3.05, 3.63) is 218 Å². The summed E-state index contributed by atoms with van der Waals surface area (Å²) in [7, 11) is 3.53. The Morgan fingerprint density at radius 1 is 0.551 bits per heavy atom. The summed E-state index contributed by atoms with van der Waals surface area (Å²) in [6.45, 7) is 6.96. The number of hydrogen-bond acceptors (Lipinski definition) is 12. The van der Waals surface area contributed by atoms with Crippen LogP contribution < -0.4 is 21.4 Å². The third-order valence-electron chi connectivity index (χ3n) is 10.7. The SMILES string of the molecule is C=CCn1c(SCC(=O)c2ccccc2)nc(=O)c2ccccc21.CCn1c(SCC(=O)c2ccc(OC)cc2)nc(=O)c2ccccc21.Cn1c(SCc2ccccc2)nc(=O)c2ccccc21. The van der Waals surface area contributed by atoms with E-state index in [9.17, 15) is 24.0 Å². The van der Waals surface area contributed by atoms with E-state index in [1.54, 1.807) is 73.5 Å². The summed E-state index contributed by atoms with van der Waals surface area (Å²) in [6, 6.07) is 48.6. The monoisotopic (exact) mass is 972 g/mol. The number of aryl methyl sites for hydroxylation is 2. The van der Waals surface area contributed by atoms with Crippen molar-refractivity contribution < 1.29 is 14.3 Å². The molecule has 0 saturated heterocycles. The van der Waals surface area contributed by atoms with E-state index in [0.29, 0.717) is 56.4 Å². The number of carbonyl (C=O) groups is 2. The van der Waals surface area contributed by atoms with Gasteiger partial charge in [-0.05, 0) is 73.2 Å². The molecule has 15 heteroatoms. The molecule has 348 valence electrons. The number of para-hydroxylation sites is 3. The molecule has 0 atom stereocenters. The fourth-order valence-corrected chi connectivity index (χ4v) is 9.97. The molecule has 0 aliphatic rings. The van der Waals surface area contributed by atoms with Crippen LogP contribution in [0.1, 0.15) is 33.2 Å². The van der Waals surface area contributed by atoms with Crippen molar-refractivity contribution in [3.8, 4) is 5.75 Å². The maximum atomic E-state index is 12.4. The number of hydrogen-bond donors (Lipinski definition) is 0. The van der Waals surface area contributed by atoms with Crippen molar-refractivity contribution in [1.82, 2.24) is 28.7 Å². The number of benzene rings is 6. The van der Waals surface area contributed by atoms with Crippen molar-refractivity contribution in [3.63, 3.8) is 0 Å². The number of rotatable bonds is 15. The van der Waals surface area contributed by atoms with Gasteiger partial charge in [0.05, 0.1) is 51.3 Å². The van der Waals surface area contributed by atoms with Crippen LogP contribution in [0, 0.1) is 0 Å². The minimum atomic E-state index is -0.277. The third kappa shape index (κ3) is 12.4. The number of ketones is 2. The molecule has 0 bridgehead atoms. The maximum absolute atomic E-state index is 12.4. The summed E-state index contributed by atoms with van der Waals surface area (Å²) in [6.07, 6.45) is 1.75. The Labute approximate surface area is 411 Å². The van der Waals surface area contributed by atoms with Gasteiger partial charge in [0.2, 0.25) is 0 Å². The Morgan fingerprint density at radius 3 is 1.51 bits per heavy atom. The highest BCUT2D eigenvalue weighted by Crippen LogP contribution is 2.24. The van der Waals surface area contributed by atoms with Crippen LogP contribution in [0.3, 0.4) is 0 Å². The molecular formula is C54H48N6O6S3. The van der Waals surface area contributed by atoms with Crippen LogP contribution in [-0.2, 0) is 25.9 Å².